The minimum Gasteiger partial charge on any atom is -0.442 e. The molecule has 1 aromatic heterocycles. The number of aromatic nitrogens is 1. The van der Waals surface area contributed by atoms with E-state index >= 15 is 0 Å². The Labute approximate surface area is 82.3 Å². The minimum absolute atomic E-state index is 0.00397. The van der Waals surface area contributed by atoms with Crippen LogP contribution in [0.3, 0.4) is 0 Å². The van der Waals surface area contributed by atoms with E-state index in [0.29, 0.717) is 18.1 Å². The Bertz CT molecular complexity index is 326. The van der Waals surface area contributed by atoms with Crippen molar-refractivity contribution in [1.82, 2.24) is 4.98 Å². The first-order chi connectivity index (χ1) is 6.75. The van der Waals surface area contributed by atoms with Crippen molar-refractivity contribution in [3.8, 4) is 0 Å². The lowest BCUT2D eigenvalue weighted by Gasteiger charge is -2.02. The predicted octanol–water partition coefficient (Wildman–Crippen LogP) is 1.66. The zero-order valence-electron chi connectivity index (χ0n) is 8.16. The van der Waals surface area contributed by atoms with Crippen LogP contribution in [0.2, 0.25) is 0 Å². The van der Waals surface area contributed by atoms with Crippen LogP contribution in [0.1, 0.15) is 37.5 Å². The highest BCUT2D eigenvalue weighted by Gasteiger charge is 2.22. The van der Waals surface area contributed by atoms with Gasteiger partial charge in [0, 0.05) is 6.61 Å². The van der Waals surface area contributed by atoms with Crippen molar-refractivity contribution in [2.45, 2.75) is 32.3 Å². The molecule has 1 aromatic rings. The second-order valence-corrected chi connectivity index (χ2v) is 3.55. The number of rotatable bonds is 3. The lowest BCUT2D eigenvalue weighted by atomic mass is 10.2. The molecule has 0 N–H and O–H groups in total. The number of carbonyl (C=O) groups excluding carboxylic acids is 1. The van der Waals surface area contributed by atoms with Gasteiger partial charge in [0.15, 0.2) is 0 Å². The highest BCUT2D eigenvalue weighted by atomic mass is 16.5. The monoisotopic (exact) mass is 195 g/mol. The summed E-state index contributed by atoms with van der Waals surface area (Å²) >= 11 is 0. The molecule has 0 bridgehead atoms. The van der Waals surface area contributed by atoms with Crippen LogP contribution in [0.15, 0.2) is 10.6 Å². The molecule has 1 saturated heterocycles. The van der Waals surface area contributed by atoms with Crippen LogP contribution >= 0.6 is 0 Å². The number of oxazole rings is 1. The van der Waals surface area contributed by atoms with Crippen LogP contribution in [-0.4, -0.2) is 17.4 Å². The molecule has 0 aromatic carbocycles. The molecule has 76 valence electrons. The smallest absolute Gasteiger partial charge is 0.223 e. The van der Waals surface area contributed by atoms with Gasteiger partial charge in [-0.25, -0.2) is 4.98 Å². The van der Waals surface area contributed by atoms with E-state index in [1.807, 2.05) is 0 Å². The van der Waals surface area contributed by atoms with Crippen LogP contribution in [0.25, 0.3) is 0 Å². The van der Waals surface area contributed by atoms with Crippen molar-refractivity contribution < 1.29 is 13.9 Å². The van der Waals surface area contributed by atoms with Crippen molar-refractivity contribution in [3.05, 3.63) is 17.8 Å². The molecule has 4 heteroatoms. The zero-order chi connectivity index (χ0) is 9.97. The molecule has 1 atom stereocenters. The number of hydrogen-bond acceptors (Lipinski definition) is 4. The summed E-state index contributed by atoms with van der Waals surface area (Å²) in [6.07, 6.45) is 3.93. The van der Waals surface area contributed by atoms with Crippen molar-refractivity contribution in [2.75, 3.05) is 6.61 Å². The summed E-state index contributed by atoms with van der Waals surface area (Å²) in [5.41, 5.74) is 0. The highest BCUT2D eigenvalue weighted by Crippen LogP contribution is 2.27. The third kappa shape index (κ3) is 2.01. The Kier molecular flexibility index (Phi) is 2.63. The molecule has 4 nitrogen and oxygen atoms in total. The van der Waals surface area contributed by atoms with Gasteiger partial charge in [0.2, 0.25) is 5.89 Å². The van der Waals surface area contributed by atoms with Gasteiger partial charge in [0.1, 0.15) is 17.6 Å². The maximum atomic E-state index is 10.8. The molecule has 1 aliphatic heterocycles. The van der Waals surface area contributed by atoms with Gasteiger partial charge in [-0.05, 0) is 19.8 Å². The Morgan fingerprint density at radius 1 is 1.71 bits per heavy atom. The van der Waals surface area contributed by atoms with E-state index in [0.717, 1.165) is 19.4 Å². The topological polar surface area (TPSA) is 52.3 Å². The molecule has 0 aliphatic carbocycles. The van der Waals surface area contributed by atoms with Crippen LogP contribution < -0.4 is 0 Å². The summed E-state index contributed by atoms with van der Waals surface area (Å²) in [7, 11) is 0. The van der Waals surface area contributed by atoms with Gasteiger partial charge in [-0.3, -0.25) is 4.79 Å². The van der Waals surface area contributed by atoms with E-state index in [1.165, 1.54) is 6.92 Å². The first-order valence-corrected chi connectivity index (χ1v) is 4.81. The third-order valence-corrected chi connectivity index (χ3v) is 2.20. The first kappa shape index (κ1) is 9.40. The van der Waals surface area contributed by atoms with Gasteiger partial charge in [0.25, 0.3) is 0 Å². The Morgan fingerprint density at radius 3 is 3.21 bits per heavy atom. The number of hydrogen-bond donors (Lipinski definition) is 0. The van der Waals surface area contributed by atoms with Crippen molar-refractivity contribution in [3.63, 3.8) is 0 Å². The predicted molar refractivity (Wildman–Crippen MR) is 48.8 cm³/mol. The van der Waals surface area contributed by atoms with E-state index in [-0.39, 0.29) is 11.9 Å². The summed E-state index contributed by atoms with van der Waals surface area (Å²) in [6, 6.07) is 0. The normalized spacial score (nSPS) is 21.4. The van der Waals surface area contributed by atoms with Crippen molar-refractivity contribution in [1.29, 1.82) is 0 Å². The lowest BCUT2D eigenvalue weighted by Crippen LogP contribution is -1.96. The summed E-state index contributed by atoms with van der Waals surface area (Å²) in [5.74, 6) is 1.32. The summed E-state index contributed by atoms with van der Waals surface area (Å²) < 4.78 is 10.8. The number of ketones is 1. The molecule has 0 spiro atoms. The van der Waals surface area contributed by atoms with E-state index in [2.05, 4.69) is 4.98 Å². The number of Topliss-reactive ketones (excluding diaryl/α,β-unsaturated/α-hetero) is 1. The molecule has 0 amide bonds. The fourth-order valence-corrected chi connectivity index (χ4v) is 1.57. The second kappa shape index (κ2) is 3.92. The standard InChI is InChI=1S/C10H13NO3/c1-7(12)5-8-6-11-10(14-8)9-3-2-4-13-9/h6,9H,2-5H2,1H3. The molecule has 1 fully saturated rings. The Balaban J connectivity index is 2.05. The maximum absolute atomic E-state index is 10.8. The van der Waals surface area contributed by atoms with Crippen molar-refractivity contribution in [2.24, 2.45) is 0 Å². The fraction of sp³-hybridized carbons (Fsp3) is 0.600. The van der Waals surface area contributed by atoms with Crippen LogP contribution in [-0.2, 0) is 16.0 Å². The maximum Gasteiger partial charge on any atom is 0.223 e. The molecule has 2 heterocycles. The average molecular weight is 195 g/mol. The number of nitrogens with zero attached hydrogens (tertiary/aromatic N) is 1. The lowest BCUT2D eigenvalue weighted by molar-refractivity contribution is -0.116. The Morgan fingerprint density at radius 2 is 2.57 bits per heavy atom. The first-order valence-electron chi connectivity index (χ1n) is 4.81. The molecule has 2 rings (SSSR count). The summed E-state index contributed by atoms with van der Waals surface area (Å²) in [6.45, 7) is 2.31. The minimum atomic E-state index is -0.00397. The van der Waals surface area contributed by atoms with Gasteiger partial charge in [0.05, 0.1) is 12.6 Å². The molecule has 0 radical (unpaired) electrons. The number of ether oxygens (including phenoxy) is 1. The number of carbonyl (C=O) groups is 1. The average Bonchev–Trinajstić information content (AvgIpc) is 2.69. The van der Waals surface area contributed by atoms with Gasteiger partial charge < -0.3 is 9.15 Å². The summed E-state index contributed by atoms with van der Waals surface area (Å²) in [4.78, 5) is 14.9. The SMILES string of the molecule is CC(=O)Cc1cnc(C2CCCO2)o1. The Hall–Kier alpha value is -1.16. The van der Waals surface area contributed by atoms with Crippen LogP contribution in [0, 0.1) is 0 Å². The molecule has 14 heavy (non-hydrogen) atoms. The molecular weight excluding hydrogens is 182 g/mol. The fourth-order valence-electron chi connectivity index (χ4n) is 1.57. The van der Waals surface area contributed by atoms with Crippen LogP contribution in [0.5, 0.6) is 0 Å². The largest absolute Gasteiger partial charge is 0.442 e. The van der Waals surface area contributed by atoms with Gasteiger partial charge in [-0.15, -0.1) is 0 Å². The second-order valence-electron chi connectivity index (χ2n) is 3.55. The van der Waals surface area contributed by atoms with Crippen LogP contribution in [0.4, 0.5) is 0 Å². The van der Waals surface area contributed by atoms with Gasteiger partial charge in [-0.1, -0.05) is 0 Å². The van der Waals surface area contributed by atoms with E-state index in [4.69, 9.17) is 9.15 Å². The molecular formula is C10H13NO3. The third-order valence-electron chi connectivity index (χ3n) is 2.20. The summed E-state index contributed by atoms with van der Waals surface area (Å²) in [5, 5.41) is 0. The molecule has 1 aliphatic rings. The van der Waals surface area contributed by atoms with E-state index < -0.39 is 0 Å². The van der Waals surface area contributed by atoms with Crippen molar-refractivity contribution >= 4 is 5.78 Å². The zero-order valence-corrected chi connectivity index (χ0v) is 8.16. The van der Waals surface area contributed by atoms with Gasteiger partial charge in [-0.2, -0.15) is 0 Å². The van der Waals surface area contributed by atoms with Gasteiger partial charge >= 0.3 is 0 Å². The highest BCUT2D eigenvalue weighted by molar-refractivity contribution is 5.77. The molecule has 0 saturated carbocycles. The molecule has 1 unspecified atom stereocenters. The van der Waals surface area contributed by atoms with E-state index in [9.17, 15) is 4.79 Å². The quantitative estimate of drug-likeness (QED) is 0.736. The van der Waals surface area contributed by atoms with E-state index in [1.54, 1.807) is 6.20 Å².